The molecule has 0 unspecified atom stereocenters. The van der Waals surface area contributed by atoms with Crippen molar-refractivity contribution in [2.75, 3.05) is 6.61 Å². The molecule has 94 valence electrons. The van der Waals surface area contributed by atoms with Crippen molar-refractivity contribution in [2.45, 2.75) is 13.1 Å². The van der Waals surface area contributed by atoms with Gasteiger partial charge in [0.1, 0.15) is 5.75 Å². The molecule has 0 aliphatic rings. The highest BCUT2D eigenvalue weighted by atomic mass is 35.5. The molecule has 0 fully saturated rings. The van der Waals surface area contributed by atoms with Gasteiger partial charge in [0, 0.05) is 11.6 Å². The molecule has 0 aliphatic carbocycles. The van der Waals surface area contributed by atoms with Gasteiger partial charge in [0.15, 0.2) is 0 Å². The molecule has 17 heavy (non-hydrogen) atoms. The van der Waals surface area contributed by atoms with Crippen molar-refractivity contribution in [1.82, 2.24) is 0 Å². The number of alkyl halides is 3. The highest BCUT2D eigenvalue weighted by Gasteiger charge is 2.40. The lowest BCUT2D eigenvalue weighted by Crippen LogP contribution is -2.23. The van der Waals surface area contributed by atoms with Crippen LogP contribution < -0.4 is 4.74 Å². The normalized spacial score (nSPS) is 11.4. The van der Waals surface area contributed by atoms with Crippen LogP contribution in [0.3, 0.4) is 0 Å². The lowest BCUT2D eigenvalue weighted by Gasteiger charge is -2.10. The summed E-state index contributed by atoms with van der Waals surface area (Å²) < 4.78 is 41.7. The fraction of sp³-hybridized carbons (Fsp3) is 0.300. The highest BCUT2D eigenvalue weighted by Crippen LogP contribution is 2.34. The molecule has 0 heterocycles. The Balaban J connectivity index is 3.20. The Morgan fingerprint density at radius 2 is 1.88 bits per heavy atom. The average Bonchev–Trinajstić information content (AvgIpc) is 2.21. The van der Waals surface area contributed by atoms with E-state index in [9.17, 15) is 18.0 Å². The number of Topliss-reactive ketones (excluding diaryl/α,β-unsaturated/α-hetero) is 1. The predicted molar refractivity (Wildman–Crippen MR) is 58.0 cm³/mol. The van der Waals surface area contributed by atoms with Gasteiger partial charge in [-0.1, -0.05) is 23.2 Å². The quantitative estimate of drug-likeness (QED) is 0.781. The monoisotopic (exact) mass is 286 g/mol. The minimum absolute atomic E-state index is 0.0937. The molecule has 0 aliphatic heterocycles. The van der Waals surface area contributed by atoms with Crippen LogP contribution in [-0.4, -0.2) is 18.6 Å². The fourth-order valence-electron chi connectivity index (χ4n) is 1.12. The maximum absolute atomic E-state index is 12.2. The molecule has 0 aromatic heterocycles. The first-order valence-corrected chi connectivity index (χ1v) is 5.26. The molecule has 7 heteroatoms. The summed E-state index contributed by atoms with van der Waals surface area (Å²) in [6.45, 7) is 1.96. The zero-order valence-electron chi connectivity index (χ0n) is 8.57. The van der Waals surface area contributed by atoms with Crippen LogP contribution in [-0.2, 0) is 0 Å². The Hall–Kier alpha value is -0.940. The number of benzene rings is 1. The Morgan fingerprint density at radius 3 is 2.35 bits per heavy atom. The van der Waals surface area contributed by atoms with Crippen molar-refractivity contribution in [3.8, 4) is 5.75 Å². The maximum atomic E-state index is 12.2. The third kappa shape index (κ3) is 3.26. The number of carbonyl (C=O) groups is 1. The van der Waals surface area contributed by atoms with Gasteiger partial charge in [-0.15, -0.1) is 0 Å². The zero-order valence-corrected chi connectivity index (χ0v) is 10.1. The summed E-state index contributed by atoms with van der Waals surface area (Å²) in [7, 11) is 0. The summed E-state index contributed by atoms with van der Waals surface area (Å²) in [5.74, 6) is -1.90. The SMILES string of the molecule is CCOc1cc(Cl)c(C(=O)C(F)(F)F)cc1Cl. The van der Waals surface area contributed by atoms with E-state index in [4.69, 9.17) is 27.9 Å². The van der Waals surface area contributed by atoms with Crippen LogP contribution in [0.5, 0.6) is 5.75 Å². The van der Waals surface area contributed by atoms with Gasteiger partial charge < -0.3 is 4.74 Å². The molecule has 0 spiro atoms. The summed E-state index contributed by atoms with van der Waals surface area (Å²) >= 11 is 11.2. The van der Waals surface area contributed by atoms with Crippen LogP contribution >= 0.6 is 23.2 Å². The minimum Gasteiger partial charge on any atom is -0.492 e. The topological polar surface area (TPSA) is 26.3 Å². The van der Waals surface area contributed by atoms with E-state index in [-0.39, 0.29) is 22.4 Å². The average molecular weight is 287 g/mol. The molecular formula is C10H7Cl2F3O2. The van der Waals surface area contributed by atoms with Crippen molar-refractivity contribution in [2.24, 2.45) is 0 Å². The van der Waals surface area contributed by atoms with Crippen LogP contribution in [0, 0.1) is 0 Å². The molecule has 0 saturated heterocycles. The molecule has 0 N–H and O–H groups in total. The predicted octanol–water partition coefficient (Wildman–Crippen LogP) is 4.14. The molecule has 0 amide bonds. The zero-order chi connectivity index (χ0) is 13.2. The van der Waals surface area contributed by atoms with Crippen LogP contribution in [0.15, 0.2) is 12.1 Å². The molecule has 1 aromatic carbocycles. The first-order valence-electron chi connectivity index (χ1n) is 4.50. The van der Waals surface area contributed by atoms with E-state index in [1.54, 1.807) is 6.92 Å². The number of ether oxygens (including phenoxy) is 1. The largest absolute Gasteiger partial charge is 0.492 e. The molecule has 2 nitrogen and oxygen atoms in total. The third-order valence-electron chi connectivity index (χ3n) is 1.82. The summed E-state index contributed by atoms with van der Waals surface area (Å²) in [5.41, 5.74) is -0.687. The van der Waals surface area contributed by atoms with Crippen molar-refractivity contribution in [3.63, 3.8) is 0 Å². The van der Waals surface area contributed by atoms with Gasteiger partial charge in [0.2, 0.25) is 0 Å². The van der Waals surface area contributed by atoms with Gasteiger partial charge in [-0.2, -0.15) is 13.2 Å². The van der Waals surface area contributed by atoms with E-state index in [2.05, 4.69) is 0 Å². The van der Waals surface area contributed by atoms with Crippen LogP contribution in [0.25, 0.3) is 0 Å². The van der Waals surface area contributed by atoms with Crippen LogP contribution in [0.1, 0.15) is 17.3 Å². The third-order valence-corrected chi connectivity index (χ3v) is 2.43. The summed E-state index contributed by atoms with van der Waals surface area (Å²) in [4.78, 5) is 11.0. The van der Waals surface area contributed by atoms with Gasteiger partial charge in [0.05, 0.1) is 16.7 Å². The van der Waals surface area contributed by atoms with Crippen molar-refractivity contribution in [3.05, 3.63) is 27.7 Å². The first kappa shape index (κ1) is 14.1. The molecule has 1 rings (SSSR count). The van der Waals surface area contributed by atoms with E-state index in [0.717, 1.165) is 12.1 Å². The van der Waals surface area contributed by atoms with Crippen molar-refractivity contribution >= 4 is 29.0 Å². The van der Waals surface area contributed by atoms with E-state index in [0.29, 0.717) is 0 Å². The smallest absolute Gasteiger partial charge is 0.454 e. The Kier molecular flexibility index (Phi) is 4.27. The maximum Gasteiger partial charge on any atom is 0.454 e. The molecule has 0 saturated carbocycles. The number of hydrogen-bond acceptors (Lipinski definition) is 2. The molecular weight excluding hydrogens is 280 g/mol. The lowest BCUT2D eigenvalue weighted by molar-refractivity contribution is -0.0885. The molecule has 0 atom stereocenters. The van der Waals surface area contributed by atoms with Gasteiger partial charge in [0.25, 0.3) is 5.78 Å². The molecule has 1 aromatic rings. The van der Waals surface area contributed by atoms with E-state index in [1.165, 1.54) is 0 Å². The summed E-state index contributed by atoms with van der Waals surface area (Å²) in [6, 6.07) is 1.94. The summed E-state index contributed by atoms with van der Waals surface area (Å²) in [6.07, 6.45) is -4.99. The first-order chi connectivity index (χ1) is 7.77. The number of hydrogen-bond donors (Lipinski definition) is 0. The molecule has 0 bridgehead atoms. The Morgan fingerprint density at radius 1 is 1.29 bits per heavy atom. The van der Waals surface area contributed by atoms with E-state index >= 15 is 0 Å². The summed E-state index contributed by atoms with van der Waals surface area (Å²) in [5, 5.41) is -0.441. The van der Waals surface area contributed by atoms with E-state index < -0.39 is 17.5 Å². The number of carbonyl (C=O) groups excluding carboxylic acids is 1. The minimum atomic E-state index is -4.99. The standard InChI is InChI=1S/C10H7Cl2F3O2/c1-2-17-8-4-6(11)5(3-7(8)12)9(16)10(13,14)15/h3-4H,2H2,1H3. The van der Waals surface area contributed by atoms with Gasteiger partial charge >= 0.3 is 6.18 Å². The second kappa shape index (κ2) is 5.14. The van der Waals surface area contributed by atoms with Crippen molar-refractivity contribution < 1.29 is 22.7 Å². The van der Waals surface area contributed by atoms with Gasteiger partial charge in [-0.05, 0) is 13.0 Å². The fourth-order valence-corrected chi connectivity index (χ4v) is 1.58. The number of ketones is 1. The number of rotatable bonds is 3. The van der Waals surface area contributed by atoms with Gasteiger partial charge in [-0.25, -0.2) is 0 Å². The van der Waals surface area contributed by atoms with Crippen molar-refractivity contribution in [1.29, 1.82) is 0 Å². The number of halogens is 5. The van der Waals surface area contributed by atoms with Crippen LogP contribution in [0.2, 0.25) is 10.0 Å². The lowest BCUT2D eigenvalue weighted by atomic mass is 10.1. The Labute approximate surface area is 105 Å². The van der Waals surface area contributed by atoms with Crippen LogP contribution in [0.4, 0.5) is 13.2 Å². The van der Waals surface area contributed by atoms with Gasteiger partial charge in [-0.3, -0.25) is 4.79 Å². The second-order valence-corrected chi connectivity index (χ2v) is 3.84. The van der Waals surface area contributed by atoms with E-state index in [1.807, 2.05) is 0 Å². The highest BCUT2D eigenvalue weighted by molar-refractivity contribution is 6.37. The Bertz CT molecular complexity index is 444. The second-order valence-electron chi connectivity index (χ2n) is 3.02. The molecule has 0 radical (unpaired) electrons.